The van der Waals surface area contributed by atoms with Gasteiger partial charge in [0.15, 0.2) is 0 Å². The van der Waals surface area contributed by atoms with Gasteiger partial charge in [-0.1, -0.05) is 13.0 Å². The predicted octanol–water partition coefficient (Wildman–Crippen LogP) is 1.24. The van der Waals surface area contributed by atoms with Gasteiger partial charge in [-0.25, -0.2) is 4.79 Å². The molecule has 2 N–H and O–H groups in total. The summed E-state index contributed by atoms with van der Waals surface area (Å²) in [7, 11) is 0. The number of rotatable bonds is 5. The van der Waals surface area contributed by atoms with Crippen LogP contribution < -0.4 is 0 Å². The standard InChI is InChI=1S/C12H19NO3/c1-3-11(12(15)16)5-4-9(2)13-6-10(7-13)8-14/h4-5,10,14H,3,6-8H2,1-2H3,(H,15,16)/b9-4+,11-5+. The highest BCUT2D eigenvalue weighted by molar-refractivity contribution is 5.86. The first-order valence-electron chi connectivity index (χ1n) is 5.55. The van der Waals surface area contributed by atoms with E-state index in [2.05, 4.69) is 4.90 Å². The van der Waals surface area contributed by atoms with Crippen LogP contribution in [0.25, 0.3) is 0 Å². The van der Waals surface area contributed by atoms with Crippen molar-refractivity contribution in [1.29, 1.82) is 0 Å². The second-order valence-electron chi connectivity index (χ2n) is 4.11. The van der Waals surface area contributed by atoms with Crippen molar-refractivity contribution in [3.63, 3.8) is 0 Å². The van der Waals surface area contributed by atoms with E-state index in [1.807, 2.05) is 19.9 Å². The quantitative estimate of drug-likeness (QED) is 0.546. The normalized spacial score (nSPS) is 18.6. The molecule has 0 amide bonds. The van der Waals surface area contributed by atoms with Gasteiger partial charge in [0, 0.05) is 36.9 Å². The minimum absolute atomic E-state index is 0.231. The van der Waals surface area contributed by atoms with Crippen molar-refractivity contribution in [2.75, 3.05) is 19.7 Å². The number of allylic oxidation sites excluding steroid dienone is 3. The topological polar surface area (TPSA) is 60.8 Å². The van der Waals surface area contributed by atoms with E-state index >= 15 is 0 Å². The zero-order valence-electron chi connectivity index (χ0n) is 9.81. The second kappa shape index (κ2) is 5.70. The van der Waals surface area contributed by atoms with Gasteiger partial charge in [0.2, 0.25) is 0 Å². The summed E-state index contributed by atoms with van der Waals surface area (Å²) >= 11 is 0. The third-order valence-corrected chi connectivity index (χ3v) is 2.90. The molecule has 90 valence electrons. The molecule has 1 heterocycles. The fourth-order valence-corrected chi connectivity index (χ4v) is 1.64. The summed E-state index contributed by atoms with van der Waals surface area (Å²) in [5.74, 6) is -0.485. The molecule has 0 aromatic carbocycles. The summed E-state index contributed by atoms with van der Waals surface area (Å²) < 4.78 is 0. The molecule has 1 aliphatic rings. The smallest absolute Gasteiger partial charge is 0.331 e. The van der Waals surface area contributed by atoms with Gasteiger partial charge < -0.3 is 15.1 Å². The summed E-state index contributed by atoms with van der Waals surface area (Å²) in [6.07, 6.45) is 4.02. The van der Waals surface area contributed by atoms with Crippen LogP contribution >= 0.6 is 0 Å². The predicted molar refractivity (Wildman–Crippen MR) is 61.9 cm³/mol. The van der Waals surface area contributed by atoms with Gasteiger partial charge in [0.1, 0.15) is 0 Å². The van der Waals surface area contributed by atoms with Crippen LogP contribution in [0.15, 0.2) is 23.4 Å². The first kappa shape index (κ1) is 12.8. The van der Waals surface area contributed by atoms with Crippen LogP contribution in [0, 0.1) is 5.92 Å². The maximum atomic E-state index is 10.8. The van der Waals surface area contributed by atoms with Crippen molar-refractivity contribution in [3.05, 3.63) is 23.4 Å². The molecule has 4 nitrogen and oxygen atoms in total. The zero-order valence-corrected chi connectivity index (χ0v) is 9.81. The van der Waals surface area contributed by atoms with Crippen molar-refractivity contribution in [2.24, 2.45) is 5.92 Å². The third-order valence-electron chi connectivity index (χ3n) is 2.90. The lowest BCUT2D eigenvalue weighted by atomic mass is 10.0. The number of aliphatic carboxylic acids is 1. The number of hydrogen-bond donors (Lipinski definition) is 2. The highest BCUT2D eigenvalue weighted by Crippen LogP contribution is 2.20. The lowest BCUT2D eigenvalue weighted by molar-refractivity contribution is -0.132. The summed E-state index contributed by atoms with van der Waals surface area (Å²) in [5, 5.41) is 17.7. The largest absolute Gasteiger partial charge is 0.478 e. The Balaban J connectivity index is 2.54. The number of nitrogens with zero attached hydrogens (tertiary/aromatic N) is 1. The Bertz CT molecular complexity index is 314. The lowest BCUT2D eigenvalue weighted by Crippen LogP contribution is -2.46. The van der Waals surface area contributed by atoms with Crippen LogP contribution in [0.3, 0.4) is 0 Å². The molecule has 1 fully saturated rings. The average Bonchev–Trinajstić information content (AvgIpc) is 2.16. The molecule has 0 unspecified atom stereocenters. The number of aliphatic hydroxyl groups is 1. The Morgan fingerprint density at radius 2 is 2.06 bits per heavy atom. The van der Waals surface area contributed by atoms with Crippen LogP contribution in [-0.2, 0) is 4.79 Å². The SMILES string of the molecule is CC/C(=C\C=C(/C)N1CC(CO)C1)C(=O)O. The Kier molecular flexibility index (Phi) is 4.55. The third kappa shape index (κ3) is 3.10. The minimum Gasteiger partial charge on any atom is -0.478 e. The highest BCUT2D eigenvalue weighted by atomic mass is 16.4. The summed E-state index contributed by atoms with van der Waals surface area (Å²) in [4.78, 5) is 12.9. The number of aliphatic hydroxyl groups excluding tert-OH is 1. The first-order chi connectivity index (χ1) is 7.58. The fourth-order valence-electron chi connectivity index (χ4n) is 1.64. The molecule has 4 heteroatoms. The summed E-state index contributed by atoms with van der Waals surface area (Å²) in [6.45, 7) is 5.74. The van der Waals surface area contributed by atoms with Crippen molar-refractivity contribution in [3.8, 4) is 0 Å². The van der Waals surface area contributed by atoms with Crippen LogP contribution in [0.2, 0.25) is 0 Å². The molecule has 1 saturated heterocycles. The molecule has 0 radical (unpaired) electrons. The molecule has 0 spiro atoms. The molecule has 0 saturated carbocycles. The second-order valence-corrected chi connectivity index (χ2v) is 4.11. The molecular weight excluding hydrogens is 206 g/mol. The van der Waals surface area contributed by atoms with E-state index in [-0.39, 0.29) is 6.61 Å². The Morgan fingerprint density at radius 3 is 2.50 bits per heavy atom. The summed E-state index contributed by atoms with van der Waals surface area (Å²) in [6, 6.07) is 0. The van der Waals surface area contributed by atoms with Crippen LogP contribution in [-0.4, -0.2) is 40.8 Å². The molecule has 16 heavy (non-hydrogen) atoms. The first-order valence-corrected chi connectivity index (χ1v) is 5.55. The van der Waals surface area contributed by atoms with Crippen molar-refractivity contribution in [1.82, 2.24) is 4.90 Å². The molecule has 0 bridgehead atoms. The molecule has 1 rings (SSSR count). The lowest BCUT2D eigenvalue weighted by Gasteiger charge is -2.40. The van der Waals surface area contributed by atoms with Crippen molar-refractivity contribution >= 4 is 5.97 Å². The van der Waals surface area contributed by atoms with Crippen LogP contribution in [0.1, 0.15) is 20.3 Å². The van der Waals surface area contributed by atoms with Crippen molar-refractivity contribution in [2.45, 2.75) is 20.3 Å². The number of carbonyl (C=O) groups is 1. The number of likely N-dealkylation sites (tertiary alicyclic amines) is 1. The maximum Gasteiger partial charge on any atom is 0.331 e. The zero-order chi connectivity index (χ0) is 12.1. The molecule has 0 atom stereocenters. The summed E-state index contributed by atoms with van der Waals surface area (Å²) in [5.41, 5.74) is 1.47. The van der Waals surface area contributed by atoms with E-state index in [9.17, 15) is 4.79 Å². The molecule has 0 aliphatic carbocycles. The van der Waals surface area contributed by atoms with Crippen molar-refractivity contribution < 1.29 is 15.0 Å². The molecular formula is C12H19NO3. The average molecular weight is 225 g/mol. The van der Waals surface area contributed by atoms with Gasteiger partial charge >= 0.3 is 5.97 Å². The van der Waals surface area contributed by atoms with Crippen LogP contribution in [0.4, 0.5) is 0 Å². The number of carboxylic acid groups (broad SMARTS) is 1. The highest BCUT2D eigenvalue weighted by Gasteiger charge is 2.25. The number of carboxylic acids is 1. The van der Waals surface area contributed by atoms with Gasteiger partial charge in [-0.2, -0.15) is 0 Å². The minimum atomic E-state index is -0.858. The Hall–Kier alpha value is -1.29. The molecule has 1 aliphatic heterocycles. The van der Waals surface area contributed by atoms with E-state index < -0.39 is 5.97 Å². The van der Waals surface area contributed by atoms with E-state index in [1.165, 1.54) is 0 Å². The van der Waals surface area contributed by atoms with Gasteiger partial charge in [0.25, 0.3) is 0 Å². The van der Waals surface area contributed by atoms with E-state index in [0.717, 1.165) is 18.8 Å². The van der Waals surface area contributed by atoms with E-state index in [1.54, 1.807) is 6.08 Å². The fraction of sp³-hybridized carbons (Fsp3) is 0.583. The molecule has 0 aromatic rings. The Labute approximate surface area is 95.9 Å². The van der Waals surface area contributed by atoms with E-state index in [4.69, 9.17) is 10.2 Å². The van der Waals surface area contributed by atoms with Gasteiger partial charge in [-0.05, 0) is 19.4 Å². The van der Waals surface area contributed by atoms with Crippen LogP contribution in [0.5, 0.6) is 0 Å². The monoisotopic (exact) mass is 225 g/mol. The maximum absolute atomic E-state index is 10.8. The van der Waals surface area contributed by atoms with E-state index in [0.29, 0.717) is 17.9 Å². The number of hydrogen-bond acceptors (Lipinski definition) is 3. The van der Waals surface area contributed by atoms with Gasteiger partial charge in [0.05, 0.1) is 0 Å². The Morgan fingerprint density at radius 1 is 1.44 bits per heavy atom. The van der Waals surface area contributed by atoms with Gasteiger partial charge in [-0.15, -0.1) is 0 Å². The molecule has 0 aromatic heterocycles. The van der Waals surface area contributed by atoms with Gasteiger partial charge in [-0.3, -0.25) is 0 Å².